The van der Waals surface area contributed by atoms with Crippen LogP contribution in [0.25, 0.3) is 0 Å². The average Bonchev–Trinajstić information content (AvgIpc) is 2.77. The summed E-state index contributed by atoms with van der Waals surface area (Å²) in [5.74, 6) is 0.0452. The fourth-order valence-electron chi connectivity index (χ4n) is 2.84. The Morgan fingerprint density at radius 3 is 2.40 bits per heavy atom. The second-order valence-corrected chi connectivity index (χ2v) is 6.64. The number of benzene rings is 3. The molecular weight excluding hydrogens is 378 g/mol. The van der Waals surface area contributed by atoms with Gasteiger partial charge < -0.3 is 15.4 Å². The van der Waals surface area contributed by atoms with Gasteiger partial charge >= 0.3 is 0 Å². The third-order valence-corrected chi connectivity index (χ3v) is 4.31. The van der Waals surface area contributed by atoms with Gasteiger partial charge in [0.25, 0.3) is 5.91 Å². The highest BCUT2D eigenvalue weighted by Gasteiger charge is 2.16. The fraction of sp³-hybridized carbons (Fsp3) is 0.125. The second-order valence-electron chi connectivity index (χ2n) is 6.64. The predicted octanol–water partition coefficient (Wildman–Crippen LogP) is 4.22. The Bertz CT molecular complexity index is 1060. The quantitative estimate of drug-likeness (QED) is 0.622. The molecule has 2 amide bonds. The predicted molar refractivity (Wildman–Crippen MR) is 114 cm³/mol. The van der Waals surface area contributed by atoms with Crippen LogP contribution in [0.4, 0.5) is 5.69 Å². The molecule has 0 aliphatic carbocycles. The number of ether oxygens (including phenoxy) is 1. The standard InChI is InChI=1S/C24H21N3O3/c1-17(28)26-21-9-5-8-20(14-21)24(29)27-23(15-25)19-10-12-22(13-11-19)30-16-18-6-3-2-4-7-18/h2-14,23H,16H2,1H3,(H,26,28)(H,27,29)/t23-/m1/s1. The molecule has 3 rings (SSSR count). The van der Waals surface area contributed by atoms with Gasteiger partial charge in [-0.05, 0) is 41.5 Å². The lowest BCUT2D eigenvalue weighted by Crippen LogP contribution is -2.27. The highest BCUT2D eigenvalue weighted by Crippen LogP contribution is 2.20. The SMILES string of the molecule is CC(=O)Nc1cccc(C(=O)N[C@H](C#N)c2ccc(OCc3ccccc3)cc2)c1. The van der Waals surface area contributed by atoms with Crippen molar-refractivity contribution in [2.75, 3.05) is 5.32 Å². The van der Waals surface area contributed by atoms with Crippen molar-refractivity contribution >= 4 is 17.5 Å². The van der Waals surface area contributed by atoms with E-state index in [2.05, 4.69) is 16.7 Å². The third-order valence-electron chi connectivity index (χ3n) is 4.31. The number of carbonyl (C=O) groups excluding carboxylic acids is 2. The van der Waals surface area contributed by atoms with Crippen molar-refractivity contribution in [1.29, 1.82) is 5.26 Å². The summed E-state index contributed by atoms with van der Waals surface area (Å²) in [6.07, 6.45) is 0. The Kier molecular flexibility index (Phi) is 6.80. The molecule has 2 N–H and O–H groups in total. The van der Waals surface area contributed by atoms with Crippen LogP contribution < -0.4 is 15.4 Å². The van der Waals surface area contributed by atoms with Crippen LogP contribution >= 0.6 is 0 Å². The van der Waals surface area contributed by atoms with Crippen molar-refractivity contribution in [3.63, 3.8) is 0 Å². The largest absolute Gasteiger partial charge is 0.489 e. The maximum Gasteiger partial charge on any atom is 0.252 e. The molecule has 0 aliphatic heterocycles. The van der Waals surface area contributed by atoms with Gasteiger partial charge in [0, 0.05) is 18.2 Å². The van der Waals surface area contributed by atoms with E-state index in [1.54, 1.807) is 48.5 Å². The summed E-state index contributed by atoms with van der Waals surface area (Å²) >= 11 is 0. The van der Waals surface area contributed by atoms with Crippen LogP contribution in [0.15, 0.2) is 78.9 Å². The summed E-state index contributed by atoms with van der Waals surface area (Å²) in [4.78, 5) is 23.7. The average molecular weight is 399 g/mol. The number of nitrogens with zero attached hydrogens (tertiary/aromatic N) is 1. The van der Waals surface area contributed by atoms with Crippen molar-refractivity contribution in [1.82, 2.24) is 5.32 Å². The van der Waals surface area contributed by atoms with Crippen LogP contribution in [0, 0.1) is 11.3 Å². The molecular formula is C24H21N3O3. The van der Waals surface area contributed by atoms with Gasteiger partial charge in [-0.2, -0.15) is 5.26 Å². The van der Waals surface area contributed by atoms with E-state index in [1.165, 1.54) is 6.92 Å². The maximum absolute atomic E-state index is 12.6. The molecule has 6 nitrogen and oxygen atoms in total. The summed E-state index contributed by atoms with van der Waals surface area (Å²) in [5.41, 5.74) is 2.58. The molecule has 0 heterocycles. The zero-order valence-electron chi connectivity index (χ0n) is 16.5. The molecule has 3 aromatic rings. The molecule has 0 aromatic heterocycles. The minimum Gasteiger partial charge on any atom is -0.489 e. The number of anilines is 1. The van der Waals surface area contributed by atoms with Crippen LogP contribution in [0.2, 0.25) is 0 Å². The van der Waals surface area contributed by atoms with Gasteiger partial charge in [-0.15, -0.1) is 0 Å². The highest BCUT2D eigenvalue weighted by molar-refractivity contribution is 5.97. The third kappa shape index (κ3) is 5.69. The monoisotopic (exact) mass is 399 g/mol. The van der Waals surface area contributed by atoms with E-state index in [0.29, 0.717) is 29.2 Å². The summed E-state index contributed by atoms with van der Waals surface area (Å²) in [7, 11) is 0. The Morgan fingerprint density at radius 2 is 1.73 bits per heavy atom. The van der Waals surface area contributed by atoms with Gasteiger partial charge in [-0.3, -0.25) is 9.59 Å². The minimum absolute atomic E-state index is 0.225. The van der Waals surface area contributed by atoms with Crippen LogP contribution in [-0.4, -0.2) is 11.8 Å². The molecule has 0 bridgehead atoms. The molecule has 150 valence electrons. The smallest absolute Gasteiger partial charge is 0.252 e. The van der Waals surface area contributed by atoms with Gasteiger partial charge in [-0.25, -0.2) is 0 Å². The normalized spacial score (nSPS) is 11.1. The molecule has 0 saturated carbocycles. The lowest BCUT2D eigenvalue weighted by atomic mass is 10.1. The number of nitrogens with one attached hydrogen (secondary N) is 2. The zero-order chi connectivity index (χ0) is 21.3. The molecule has 1 atom stereocenters. The van der Waals surface area contributed by atoms with E-state index in [-0.39, 0.29) is 5.91 Å². The molecule has 0 radical (unpaired) electrons. The maximum atomic E-state index is 12.6. The number of amides is 2. The van der Waals surface area contributed by atoms with Crippen LogP contribution in [0.5, 0.6) is 5.75 Å². The van der Waals surface area contributed by atoms with Crippen LogP contribution in [0.3, 0.4) is 0 Å². The number of carbonyl (C=O) groups is 2. The van der Waals surface area contributed by atoms with E-state index in [4.69, 9.17) is 4.74 Å². The Morgan fingerprint density at radius 1 is 1.00 bits per heavy atom. The molecule has 30 heavy (non-hydrogen) atoms. The van der Waals surface area contributed by atoms with Gasteiger partial charge in [0.1, 0.15) is 18.4 Å². The van der Waals surface area contributed by atoms with E-state index in [9.17, 15) is 14.9 Å². The Balaban J connectivity index is 1.63. The first kappa shape index (κ1) is 20.6. The van der Waals surface area contributed by atoms with E-state index in [0.717, 1.165) is 5.56 Å². The molecule has 6 heteroatoms. The van der Waals surface area contributed by atoms with Crippen molar-refractivity contribution < 1.29 is 14.3 Å². The first-order valence-electron chi connectivity index (χ1n) is 9.40. The van der Waals surface area contributed by atoms with Crippen molar-refractivity contribution in [3.8, 4) is 11.8 Å². The molecule has 0 aliphatic rings. The van der Waals surface area contributed by atoms with Gasteiger partial charge in [0.05, 0.1) is 6.07 Å². The molecule has 0 fully saturated rings. The van der Waals surface area contributed by atoms with E-state index < -0.39 is 11.9 Å². The van der Waals surface area contributed by atoms with Gasteiger partial charge in [0.2, 0.25) is 5.91 Å². The van der Waals surface area contributed by atoms with Gasteiger partial charge in [-0.1, -0.05) is 48.5 Å². The molecule has 0 saturated heterocycles. The lowest BCUT2D eigenvalue weighted by Gasteiger charge is -2.14. The van der Waals surface area contributed by atoms with E-state index >= 15 is 0 Å². The number of hydrogen-bond acceptors (Lipinski definition) is 4. The Labute approximate surface area is 175 Å². The number of rotatable bonds is 7. The zero-order valence-corrected chi connectivity index (χ0v) is 16.5. The number of hydrogen-bond donors (Lipinski definition) is 2. The fourth-order valence-corrected chi connectivity index (χ4v) is 2.84. The Hall–Kier alpha value is -4.11. The summed E-state index contributed by atoms with van der Waals surface area (Å²) in [6.45, 7) is 1.84. The summed E-state index contributed by atoms with van der Waals surface area (Å²) < 4.78 is 5.75. The molecule has 0 spiro atoms. The molecule has 0 unspecified atom stereocenters. The summed E-state index contributed by atoms with van der Waals surface area (Å²) in [5, 5.41) is 14.9. The van der Waals surface area contributed by atoms with Crippen molar-refractivity contribution in [2.24, 2.45) is 0 Å². The topological polar surface area (TPSA) is 91.2 Å². The summed E-state index contributed by atoms with van der Waals surface area (Å²) in [6, 6.07) is 24.7. The second kappa shape index (κ2) is 9.89. The van der Waals surface area contributed by atoms with Crippen LogP contribution in [0.1, 0.15) is 34.5 Å². The highest BCUT2D eigenvalue weighted by atomic mass is 16.5. The van der Waals surface area contributed by atoms with Gasteiger partial charge in [0.15, 0.2) is 0 Å². The minimum atomic E-state index is -0.815. The first-order chi connectivity index (χ1) is 14.5. The number of nitriles is 1. The van der Waals surface area contributed by atoms with Crippen molar-refractivity contribution in [2.45, 2.75) is 19.6 Å². The molecule has 3 aromatic carbocycles. The lowest BCUT2D eigenvalue weighted by molar-refractivity contribution is -0.114. The van der Waals surface area contributed by atoms with E-state index in [1.807, 2.05) is 30.3 Å². The van der Waals surface area contributed by atoms with Crippen LogP contribution in [-0.2, 0) is 11.4 Å². The first-order valence-corrected chi connectivity index (χ1v) is 9.40. The van der Waals surface area contributed by atoms with Crippen molar-refractivity contribution in [3.05, 3.63) is 95.6 Å².